The van der Waals surface area contributed by atoms with Crippen LogP contribution in [0.3, 0.4) is 0 Å². The first kappa shape index (κ1) is 16.8. The van der Waals surface area contributed by atoms with Crippen LogP contribution in [-0.4, -0.2) is 42.7 Å². The first-order valence-electron chi connectivity index (χ1n) is 7.27. The topological polar surface area (TPSA) is 76.1 Å². The lowest BCUT2D eigenvalue weighted by Crippen LogP contribution is -2.26. The summed E-state index contributed by atoms with van der Waals surface area (Å²) < 4.78 is 18.4. The van der Waals surface area contributed by atoms with Gasteiger partial charge in [-0.25, -0.2) is 14.4 Å². The second kappa shape index (κ2) is 8.79. The average Bonchev–Trinajstić information content (AvgIpc) is 2.57. The molecule has 0 bridgehead atoms. The number of benzene rings is 1. The number of nitrogens with zero attached hydrogens (tertiary/aromatic N) is 2. The van der Waals surface area contributed by atoms with Crippen molar-refractivity contribution in [1.29, 1.82) is 0 Å². The summed E-state index contributed by atoms with van der Waals surface area (Å²) >= 11 is 0. The minimum atomic E-state index is -0.287. The Labute approximate surface area is 134 Å². The van der Waals surface area contributed by atoms with Gasteiger partial charge >= 0.3 is 0 Å². The van der Waals surface area contributed by atoms with Crippen LogP contribution in [0.1, 0.15) is 15.9 Å². The zero-order valence-corrected chi connectivity index (χ0v) is 12.9. The van der Waals surface area contributed by atoms with E-state index in [2.05, 4.69) is 20.6 Å². The lowest BCUT2D eigenvalue weighted by molar-refractivity contribution is 0.0953. The monoisotopic (exact) mass is 318 g/mol. The van der Waals surface area contributed by atoms with E-state index in [4.69, 9.17) is 4.74 Å². The molecule has 0 aliphatic rings. The molecule has 2 N–H and O–H groups in total. The number of carbonyl (C=O) groups excluding carboxylic acids is 1. The molecular formula is C16H19FN4O2. The van der Waals surface area contributed by atoms with Crippen LogP contribution in [0.2, 0.25) is 0 Å². The zero-order valence-electron chi connectivity index (χ0n) is 12.9. The summed E-state index contributed by atoms with van der Waals surface area (Å²) in [5.41, 5.74) is 0.928. The van der Waals surface area contributed by atoms with E-state index < -0.39 is 0 Å². The van der Waals surface area contributed by atoms with Crippen LogP contribution in [0.15, 0.2) is 36.7 Å². The normalized spacial score (nSPS) is 10.3. The number of carbonyl (C=O) groups is 1. The lowest BCUT2D eigenvalue weighted by Gasteiger charge is -2.07. The molecule has 0 aliphatic heterocycles. The number of rotatable bonds is 8. The summed E-state index contributed by atoms with van der Waals surface area (Å²) in [5, 5.41) is 5.68. The van der Waals surface area contributed by atoms with Crippen LogP contribution in [0.5, 0.6) is 0 Å². The molecule has 2 aromatic rings. The first-order chi connectivity index (χ1) is 11.2. The molecule has 0 spiro atoms. The lowest BCUT2D eigenvalue weighted by atomic mass is 10.1. The van der Waals surface area contributed by atoms with Gasteiger partial charge in [-0.1, -0.05) is 18.2 Å². The van der Waals surface area contributed by atoms with E-state index in [1.54, 1.807) is 25.3 Å². The summed E-state index contributed by atoms with van der Waals surface area (Å²) in [4.78, 5) is 20.1. The Morgan fingerprint density at radius 3 is 2.65 bits per heavy atom. The second-order valence-electron chi connectivity index (χ2n) is 4.81. The van der Waals surface area contributed by atoms with E-state index in [0.717, 1.165) is 0 Å². The van der Waals surface area contributed by atoms with Crippen molar-refractivity contribution >= 4 is 11.9 Å². The second-order valence-corrected chi connectivity index (χ2v) is 4.81. The molecule has 0 saturated heterocycles. The van der Waals surface area contributed by atoms with E-state index in [-0.39, 0.29) is 11.7 Å². The number of halogens is 1. The van der Waals surface area contributed by atoms with Gasteiger partial charge in [-0.3, -0.25) is 4.79 Å². The maximum absolute atomic E-state index is 13.5. The van der Waals surface area contributed by atoms with E-state index in [0.29, 0.717) is 43.2 Å². The molecule has 2 rings (SSSR count). The summed E-state index contributed by atoms with van der Waals surface area (Å²) in [6, 6.07) is 6.51. The fourth-order valence-corrected chi connectivity index (χ4v) is 1.92. The van der Waals surface area contributed by atoms with Crippen molar-refractivity contribution in [3.05, 3.63) is 53.6 Å². The fourth-order valence-electron chi connectivity index (χ4n) is 1.92. The molecule has 1 amide bonds. The van der Waals surface area contributed by atoms with Gasteiger partial charge in [0.05, 0.1) is 12.2 Å². The number of hydrogen-bond donors (Lipinski definition) is 2. The number of methoxy groups -OCH3 is 1. The van der Waals surface area contributed by atoms with E-state index in [9.17, 15) is 9.18 Å². The number of anilines is 1. The third-order valence-corrected chi connectivity index (χ3v) is 3.14. The molecule has 0 aliphatic carbocycles. The molecule has 122 valence electrons. The average molecular weight is 318 g/mol. The summed E-state index contributed by atoms with van der Waals surface area (Å²) in [6.45, 7) is 1.47. The molecule has 6 nitrogen and oxygen atoms in total. The van der Waals surface area contributed by atoms with Crippen LogP contribution in [-0.2, 0) is 11.2 Å². The molecular weight excluding hydrogens is 299 g/mol. The van der Waals surface area contributed by atoms with Crippen molar-refractivity contribution in [3.63, 3.8) is 0 Å². The zero-order chi connectivity index (χ0) is 16.5. The Morgan fingerprint density at radius 1 is 1.22 bits per heavy atom. The molecule has 23 heavy (non-hydrogen) atoms. The summed E-state index contributed by atoms with van der Waals surface area (Å²) in [5.74, 6) is -0.119. The van der Waals surface area contributed by atoms with Crippen LogP contribution < -0.4 is 10.6 Å². The van der Waals surface area contributed by atoms with Crippen molar-refractivity contribution in [1.82, 2.24) is 15.3 Å². The van der Waals surface area contributed by atoms with Crippen molar-refractivity contribution in [2.75, 3.05) is 32.1 Å². The molecule has 0 saturated carbocycles. The number of nitrogens with one attached hydrogen (secondary N) is 2. The maximum atomic E-state index is 13.5. The summed E-state index contributed by atoms with van der Waals surface area (Å²) in [6.07, 6.45) is 3.32. The standard InChI is InChI=1S/C16H19FN4O2/c1-23-9-8-19-16-20-10-13(11-21-16)15(22)18-7-6-12-4-2-3-5-14(12)17/h2-5,10-11H,6-9H2,1H3,(H,18,22)(H,19,20,21). The Kier molecular flexibility index (Phi) is 6.43. The minimum Gasteiger partial charge on any atom is -0.383 e. The molecule has 1 aromatic carbocycles. The fraction of sp³-hybridized carbons (Fsp3) is 0.312. The maximum Gasteiger partial charge on any atom is 0.254 e. The van der Waals surface area contributed by atoms with Crippen molar-refractivity contribution in [3.8, 4) is 0 Å². The molecule has 1 heterocycles. The Hall–Kier alpha value is -2.54. The molecule has 0 fully saturated rings. The molecule has 7 heteroatoms. The largest absolute Gasteiger partial charge is 0.383 e. The van der Waals surface area contributed by atoms with Gasteiger partial charge in [0, 0.05) is 32.6 Å². The molecule has 0 radical (unpaired) electrons. The van der Waals surface area contributed by atoms with Crippen LogP contribution in [0, 0.1) is 5.82 Å². The van der Waals surface area contributed by atoms with Gasteiger partial charge in [0.15, 0.2) is 0 Å². The molecule has 0 atom stereocenters. The van der Waals surface area contributed by atoms with Crippen LogP contribution in [0.4, 0.5) is 10.3 Å². The molecule has 0 unspecified atom stereocenters. The van der Waals surface area contributed by atoms with Crippen LogP contribution >= 0.6 is 0 Å². The third kappa shape index (κ3) is 5.30. The Balaban J connectivity index is 1.80. The Bertz CT molecular complexity index is 634. The smallest absolute Gasteiger partial charge is 0.254 e. The van der Waals surface area contributed by atoms with Gasteiger partial charge in [-0.05, 0) is 18.1 Å². The number of aromatic nitrogens is 2. The van der Waals surface area contributed by atoms with Gasteiger partial charge in [0.25, 0.3) is 5.91 Å². The highest BCUT2D eigenvalue weighted by Gasteiger charge is 2.07. The Morgan fingerprint density at radius 2 is 1.96 bits per heavy atom. The van der Waals surface area contributed by atoms with Crippen LogP contribution in [0.25, 0.3) is 0 Å². The quantitative estimate of drug-likeness (QED) is 0.724. The highest BCUT2D eigenvalue weighted by molar-refractivity contribution is 5.93. The van der Waals surface area contributed by atoms with Crippen molar-refractivity contribution < 1.29 is 13.9 Å². The van der Waals surface area contributed by atoms with Crippen molar-refractivity contribution in [2.24, 2.45) is 0 Å². The third-order valence-electron chi connectivity index (χ3n) is 3.14. The van der Waals surface area contributed by atoms with Gasteiger partial charge < -0.3 is 15.4 Å². The first-order valence-corrected chi connectivity index (χ1v) is 7.27. The highest BCUT2D eigenvalue weighted by Crippen LogP contribution is 2.06. The predicted octanol–water partition coefficient (Wildman–Crippen LogP) is 1.65. The van der Waals surface area contributed by atoms with E-state index >= 15 is 0 Å². The highest BCUT2D eigenvalue weighted by atomic mass is 19.1. The van der Waals surface area contributed by atoms with Gasteiger partial charge in [-0.15, -0.1) is 0 Å². The van der Waals surface area contributed by atoms with Gasteiger partial charge in [0.1, 0.15) is 5.82 Å². The van der Waals surface area contributed by atoms with E-state index in [1.165, 1.54) is 18.5 Å². The van der Waals surface area contributed by atoms with Gasteiger partial charge in [-0.2, -0.15) is 0 Å². The predicted molar refractivity (Wildman–Crippen MR) is 84.8 cm³/mol. The van der Waals surface area contributed by atoms with Crippen molar-refractivity contribution in [2.45, 2.75) is 6.42 Å². The van der Waals surface area contributed by atoms with Gasteiger partial charge in [0.2, 0.25) is 5.95 Å². The minimum absolute atomic E-state index is 0.267. The number of hydrogen-bond acceptors (Lipinski definition) is 5. The number of ether oxygens (including phenoxy) is 1. The van der Waals surface area contributed by atoms with E-state index in [1.807, 2.05) is 0 Å². The molecule has 1 aromatic heterocycles. The number of amides is 1. The summed E-state index contributed by atoms with van der Waals surface area (Å²) in [7, 11) is 1.61. The SMILES string of the molecule is COCCNc1ncc(C(=O)NCCc2ccccc2F)cn1.